The fraction of sp³-hybridized carbons (Fsp3) is 0.233. The molecule has 0 saturated heterocycles. The van der Waals surface area contributed by atoms with Gasteiger partial charge < -0.3 is 20.3 Å². The van der Waals surface area contributed by atoms with Gasteiger partial charge >= 0.3 is 6.03 Å². The predicted molar refractivity (Wildman–Crippen MR) is 144 cm³/mol. The van der Waals surface area contributed by atoms with Gasteiger partial charge in [0.2, 0.25) is 5.91 Å². The van der Waals surface area contributed by atoms with Gasteiger partial charge in [0.1, 0.15) is 17.6 Å². The molecule has 5 rings (SSSR count). The van der Waals surface area contributed by atoms with Crippen LogP contribution in [0.25, 0.3) is 0 Å². The van der Waals surface area contributed by atoms with Crippen LogP contribution in [0.4, 0.5) is 14.9 Å². The van der Waals surface area contributed by atoms with E-state index in [1.807, 2.05) is 49.4 Å². The molecule has 0 unspecified atom stereocenters. The zero-order chi connectivity index (χ0) is 27.5. The Labute approximate surface area is 226 Å². The summed E-state index contributed by atoms with van der Waals surface area (Å²) in [6, 6.07) is 20.2. The Morgan fingerprint density at radius 2 is 1.74 bits per heavy atom. The van der Waals surface area contributed by atoms with Gasteiger partial charge in [0.25, 0.3) is 5.91 Å². The van der Waals surface area contributed by atoms with Gasteiger partial charge in [0.15, 0.2) is 0 Å². The van der Waals surface area contributed by atoms with Gasteiger partial charge in [-0.1, -0.05) is 42.5 Å². The van der Waals surface area contributed by atoms with Gasteiger partial charge in [0, 0.05) is 18.7 Å². The molecule has 0 aliphatic carbocycles. The normalized spacial score (nSPS) is 17.6. The summed E-state index contributed by atoms with van der Waals surface area (Å²) in [5.74, 6) is -0.478. The number of hydrogen-bond donors (Lipinski definition) is 2. The lowest BCUT2D eigenvalue weighted by molar-refractivity contribution is -0.134. The minimum Gasteiger partial charge on any atom is -0.497 e. The number of hydrogen-bond acceptors (Lipinski definition) is 4. The van der Waals surface area contributed by atoms with E-state index in [9.17, 15) is 18.8 Å². The first-order valence-corrected chi connectivity index (χ1v) is 12.8. The second-order valence-corrected chi connectivity index (χ2v) is 9.40. The predicted octanol–water partition coefficient (Wildman–Crippen LogP) is 4.27. The Balaban J connectivity index is 1.50. The summed E-state index contributed by atoms with van der Waals surface area (Å²) in [6.45, 7) is 2.32. The fourth-order valence-corrected chi connectivity index (χ4v) is 5.09. The van der Waals surface area contributed by atoms with Crippen molar-refractivity contribution in [2.45, 2.75) is 25.4 Å². The average molecular weight is 529 g/mol. The van der Waals surface area contributed by atoms with Crippen molar-refractivity contribution in [1.82, 2.24) is 15.1 Å². The van der Waals surface area contributed by atoms with Gasteiger partial charge in [0.05, 0.1) is 31.0 Å². The van der Waals surface area contributed by atoms with Crippen molar-refractivity contribution < 1.29 is 23.5 Å². The number of nitrogens with zero attached hydrogens (tertiary/aromatic N) is 2. The summed E-state index contributed by atoms with van der Waals surface area (Å²) >= 11 is 0. The molecule has 4 amide bonds. The van der Waals surface area contributed by atoms with Crippen molar-refractivity contribution in [3.63, 3.8) is 0 Å². The van der Waals surface area contributed by atoms with E-state index in [4.69, 9.17) is 4.74 Å². The van der Waals surface area contributed by atoms with Crippen LogP contribution in [-0.4, -0.2) is 53.9 Å². The third-order valence-electron chi connectivity index (χ3n) is 7.08. The maximum atomic E-state index is 14.1. The topological polar surface area (TPSA) is 91.0 Å². The minimum absolute atomic E-state index is 0.108. The molecule has 0 fully saturated rings. The third kappa shape index (κ3) is 5.20. The molecule has 0 bridgehead atoms. The summed E-state index contributed by atoms with van der Waals surface area (Å²) < 4.78 is 18.7. The van der Waals surface area contributed by atoms with Crippen LogP contribution in [0.15, 0.2) is 90.1 Å². The molecule has 8 nitrogen and oxygen atoms in total. The molecule has 3 aromatic rings. The quantitative estimate of drug-likeness (QED) is 0.457. The maximum absolute atomic E-state index is 14.1. The Kier molecular flexibility index (Phi) is 7.31. The van der Waals surface area contributed by atoms with Gasteiger partial charge in [-0.2, -0.15) is 0 Å². The SMILES string of the molecule is CCN1C(=O)N[C@H](c2ccc(OC)cc2)C2=C1CN([C@H](Cc1ccccc1)C(=O)Nc1ccc(F)cc1)C2=O. The van der Waals surface area contributed by atoms with Crippen LogP contribution in [0.1, 0.15) is 24.1 Å². The van der Waals surface area contributed by atoms with Gasteiger partial charge in [-0.05, 0) is 54.4 Å². The molecule has 0 aromatic heterocycles. The number of urea groups is 1. The smallest absolute Gasteiger partial charge is 0.322 e. The van der Waals surface area contributed by atoms with Crippen molar-refractivity contribution in [3.05, 3.63) is 107 Å². The molecular weight excluding hydrogens is 499 g/mol. The summed E-state index contributed by atoms with van der Waals surface area (Å²) in [7, 11) is 1.57. The van der Waals surface area contributed by atoms with Crippen LogP contribution in [0.3, 0.4) is 0 Å². The second kappa shape index (κ2) is 11.0. The monoisotopic (exact) mass is 528 g/mol. The first kappa shape index (κ1) is 26.0. The molecule has 9 heteroatoms. The molecule has 2 aliphatic heterocycles. The van der Waals surface area contributed by atoms with E-state index in [2.05, 4.69) is 10.6 Å². The Morgan fingerprint density at radius 1 is 1.05 bits per heavy atom. The number of halogens is 1. The molecule has 39 heavy (non-hydrogen) atoms. The average Bonchev–Trinajstić information content (AvgIpc) is 3.29. The van der Waals surface area contributed by atoms with E-state index in [1.54, 1.807) is 24.1 Å². The highest BCUT2D eigenvalue weighted by Gasteiger charge is 2.46. The van der Waals surface area contributed by atoms with Crippen LogP contribution < -0.4 is 15.4 Å². The zero-order valence-corrected chi connectivity index (χ0v) is 21.7. The number of carbonyl (C=O) groups excluding carboxylic acids is 3. The highest BCUT2D eigenvalue weighted by atomic mass is 19.1. The van der Waals surface area contributed by atoms with E-state index >= 15 is 0 Å². The molecular formula is C30H29FN4O4. The number of ether oxygens (including phenoxy) is 1. The van der Waals surface area contributed by atoms with Crippen LogP contribution >= 0.6 is 0 Å². The number of rotatable bonds is 8. The van der Waals surface area contributed by atoms with Crippen LogP contribution in [0, 0.1) is 5.82 Å². The van der Waals surface area contributed by atoms with Crippen molar-refractivity contribution in [1.29, 1.82) is 0 Å². The Bertz CT molecular complexity index is 1410. The number of carbonyl (C=O) groups is 3. The molecule has 200 valence electrons. The zero-order valence-electron chi connectivity index (χ0n) is 21.7. The van der Waals surface area contributed by atoms with E-state index in [0.29, 0.717) is 29.3 Å². The van der Waals surface area contributed by atoms with E-state index in [0.717, 1.165) is 11.1 Å². The van der Waals surface area contributed by atoms with Gasteiger partial charge in [-0.25, -0.2) is 9.18 Å². The van der Waals surface area contributed by atoms with Crippen molar-refractivity contribution in [2.75, 3.05) is 25.5 Å². The molecule has 2 aliphatic rings. The van der Waals surface area contributed by atoms with E-state index in [1.165, 1.54) is 29.2 Å². The summed E-state index contributed by atoms with van der Waals surface area (Å²) in [5, 5.41) is 5.79. The third-order valence-corrected chi connectivity index (χ3v) is 7.08. The van der Waals surface area contributed by atoms with Crippen LogP contribution in [0.2, 0.25) is 0 Å². The molecule has 0 radical (unpaired) electrons. The summed E-state index contributed by atoms with van der Waals surface area (Å²) in [4.78, 5) is 43.9. The first-order valence-electron chi connectivity index (χ1n) is 12.8. The molecule has 0 spiro atoms. The Morgan fingerprint density at radius 3 is 2.38 bits per heavy atom. The molecule has 0 saturated carbocycles. The number of anilines is 1. The Hall–Kier alpha value is -4.66. The highest BCUT2D eigenvalue weighted by Crippen LogP contribution is 2.38. The summed E-state index contributed by atoms with van der Waals surface area (Å²) in [5.41, 5.74) is 3.06. The van der Waals surface area contributed by atoms with Crippen LogP contribution in [0.5, 0.6) is 5.75 Å². The van der Waals surface area contributed by atoms with Crippen molar-refractivity contribution in [2.24, 2.45) is 0 Å². The number of likely N-dealkylation sites (N-methyl/N-ethyl adjacent to an activating group) is 1. The van der Waals surface area contributed by atoms with Gasteiger partial charge in [-0.3, -0.25) is 14.5 Å². The van der Waals surface area contributed by atoms with Gasteiger partial charge in [-0.15, -0.1) is 0 Å². The number of amides is 4. The lowest BCUT2D eigenvalue weighted by Gasteiger charge is -2.33. The van der Waals surface area contributed by atoms with E-state index < -0.39 is 23.8 Å². The fourth-order valence-electron chi connectivity index (χ4n) is 5.09. The van der Waals surface area contributed by atoms with E-state index in [-0.39, 0.29) is 24.9 Å². The minimum atomic E-state index is -0.874. The first-order chi connectivity index (χ1) is 18.9. The number of nitrogens with one attached hydrogen (secondary N) is 2. The van der Waals surface area contributed by atoms with Crippen LogP contribution in [-0.2, 0) is 16.0 Å². The number of methoxy groups -OCH3 is 1. The van der Waals surface area contributed by atoms with Crippen molar-refractivity contribution >= 4 is 23.5 Å². The standard InChI is InChI=1S/C30H29FN4O4/c1-3-34-25-18-35(29(37)26(25)27(33-30(34)38)20-9-15-23(39-2)16-10-20)24(17-19-7-5-4-6-8-19)28(36)32-22-13-11-21(31)12-14-22/h4-16,24,27H,3,17-18H2,1-2H3,(H,32,36)(H,33,38)/t24-,27-/m1/s1. The molecule has 3 aromatic carbocycles. The number of benzene rings is 3. The highest BCUT2D eigenvalue weighted by molar-refractivity contribution is 6.05. The second-order valence-electron chi connectivity index (χ2n) is 9.40. The van der Waals surface area contributed by atoms with Crippen molar-refractivity contribution in [3.8, 4) is 5.75 Å². The lowest BCUT2D eigenvalue weighted by Crippen LogP contribution is -2.47. The lowest BCUT2D eigenvalue weighted by atomic mass is 9.95. The molecule has 2 N–H and O–H groups in total. The molecule has 2 atom stereocenters. The summed E-state index contributed by atoms with van der Waals surface area (Å²) in [6.07, 6.45) is 0.265. The maximum Gasteiger partial charge on any atom is 0.322 e. The largest absolute Gasteiger partial charge is 0.497 e. The molecule has 2 heterocycles.